The van der Waals surface area contributed by atoms with Crippen molar-refractivity contribution in [2.75, 3.05) is 16.3 Å². The Kier molecular flexibility index (Phi) is 5.36. The number of carbonyl (C=O) groups is 4. The van der Waals surface area contributed by atoms with Crippen LogP contribution in [-0.2, 0) is 19.2 Å². The Morgan fingerprint density at radius 3 is 2.38 bits per heavy atom. The average molecular weight is 504 g/mol. The van der Waals surface area contributed by atoms with Gasteiger partial charge in [0.2, 0.25) is 17.7 Å². The van der Waals surface area contributed by atoms with Crippen LogP contribution in [0.4, 0.5) is 17.1 Å². The molecule has 2 bridgehead atoms. The quantitative estimate of drug-likeness (QED) is 0.201. The molecular formula is C27H25N3O7. The number of rotatable bonds is 5. The molecule has 190 valence electrons. The van der Waals surface area contributed by atoms with Crippen molar-refractivity contribution >= 4 is 40.8 Å². The summed E-state index contributed by atoms with van der Waals surface area (Å²) in [5.74, 6) is -1.82. The van der Waals surface area contributed by atoms with Gasteiger partial charge in [-0.15, -0.1) is 0 Å². The fourth-order valence-corrected chi connectivity index (χ4v) is 6.63. The predicted octanol–water partition coefficient (Wildman–Crippen LogP) is 3.40. The van der Waals surface area contributed by atoms with Crippen LogP contribution in [0.5, 0.6) is 5.75 Å². The molecule has 6 rings (SSSR count). The minimum absolute atomic E-state index is 0.0345. The minimum Gasteiger partial charge on any atom is -0.426 e. The molecule has 0 spiro atoms. The van der Waals surface area contributed by atoms with E-state index in [1.165, 1.54) is 21.9 Å². The first-order valence-corrected chi connectivity index (χ1v) is 12.5. The lowest BCUT2D eigenvalue weighted by Crippen LogP contribution is -2.32. The van der Waals surface area contributed by atoms with Gasteiger partial charge in [0.15, 0.2) is 0 Å². The van der Waals surface area contributed by atoms with Crippen molar-refractivity contribution in [1.29, 1.82) is 0 Å². The second-order valence-electron chi connectivity index (χ2n) is 10.4. The number of carbonyl (C=O) groups excluding carboxylic acids is 4. The van der Waals surface area contributed by atoms with Crippen LogP contribution in [0.1, 0.15) is 31.2 Å². The number of anilines is 2. The highest BCUT2D eigenvalue weighted by Gasteiger charge is 2.61. The molecule has 37 heavy (non-hydrogen) atoms. The van der Waals surface area contributed by atoms with E-state index in [1.807, 2.05) is 0 Å². The number of nitro groups is 1. The van der Waals surface area contributed by atoms with E-state index in [-0.39, 0.29) is 65.8 Å². The number of hydrogen-bond donors (Lipinski definition) is 0. The summed E-state index contributed by atoms with van der Waals surface area (Å²) in [6, 6.07) is 10.9. The monoisotopic (exact) mass is 503 g/mol. The molecule has 2 saturated heterocycles. The number of esters is 1. The van der Waals surface area contributed by atoms with E-state index in [0.29, 0.717) is 16.9 Å². The molecule has 2 aliphatic heterocycles. The van der Waals surface area contributed by atoms with E-state index in [2.05, 4.69) is 0 Å². The van der Waals surface area contributed by atoms with E-state index in [0.717, 1.165) is 19.3 Å². The number of imide groups is 1. The smallest absolute Gasteiger partial charge is 0.316 e. The van der Waals surface area contributed by atoms with Gasteiger partial charge < -0.3 is 9.64 Å². The number of hydrogen-bond acceptors (Lipinski definition) is 7. The van der Waals surface area contributed by atoms with Crippen LogP contribution in [0.2, 0.25) is 0 Å². The molecule has 10 nitrogen and oxygen atoms in total. The topological polar surface area (TPSA) is 127 Å². The number of aryl methyl sites for hydroxylation is 1. The predicted molar refractivity (Wildman–Crippen MR) is 131 cm³/mol. The maximum absolute atomic E-state index is 13.1. The Hall–Kier alpha value is -4.08. The van der Waals surface area contributed by atoms with Crippen molar-refractivity contribution in [1.82, 2.24) is 0 Å². The highest BCUT2D eigenvalue weighted by Crippen LogP contribution is 2.56. The zero-order chi connectivity index (χ0) is 26.0. The van der Waals surface area contributed by atoms with Gasteiger partial charge in [-0.05, 0) is 56.2 Å². The first-order chi connectivity index (χ1) is 17.7. The molecule has 2 saturated carbocycles. The zero-order valence-corrected chi connectivity index (χ0v) is 20.2. The number of benzene rings is 2. The van der Waals surface area contributed by atoms with Crippen molar-refractivity contribution in [3.8, 4) is 5.75 Å². The number of amides is 3. The summed E-state index contributed by atoms with van der Waals surface area (Å²) in [4.78, 5) is 65.2. The summed E-state index contributed by atoms with van der Waals surface area (Å²) in [5, 5.41) is 11.3. The van der Waals surface area contributed by atoms with E-state index < -0.39 is 16.8 Å². The van der Waals surface area contributed by atoms with Gasteiger partial charge in [0.05, 0.1) is 34.1 Å². The third-order valence-electron chi connectivity index (χ3n) is 8.38. The van der Waals surface area contributed by atoms with Gasteiger partial charge in [0.25, 0.3) is 5.69 Å². The molecule has 5 atom stereocenters. The second-order valence-corrected chi connectivity index (χ2v) is 10.4. The van der Waals surface area contributed by atoms with Crippen LogP contribution in [0.15, 0.2) is 42.5 Å². The minimum atomic E-state index is -0.762. The summed E-state index contributed by atoms with van der Waals surface area (Å²) in [6.45, 7) is 1.65. The van der Waals surface area contributed by atoms with Crippen molar-refractivity contribution in [2.45, 2.75) is 32.6 Å². The van der Waals surface area contributed by atoms with Crippen LogP contribution in [0.25, 0.3) is 0 Å². The molecule has 2 aromatic carbocycles. The summed E-state index contributed by atoms with van der Waals surface area (Å²) >= 11 is 0. The molecule has 2 aliphatic carbocycles. The summed E-state index contributed by atoms with van der Waals surface area (Å²) in [7, 11) is 0. The van der Waals surface area contributed by atoms with Gasteiger partial charge in [-0.25, -0.2) is 4.90 Å². The standard InChI is InChI=1S/C27H25N3O7/c1-14-5-8-18(12-21(14)30(35)36)28-13-17(10-22(28)31)27(34)37-20-4-2-3-19(11-20)29-25(32)23-15-6-7-16(9-15)24(23)26(29)33/h2-5,8,11-12,15-17,23-24H,6-7,9-10,13H2,1H3/t15-,16-,17+,23+,24+/m0/s1. The normalized spacial score (nSPS) is 28.2. The van der Waals surface area contributed by atoms with Crippen LogP contribution >= 0.6 is 0 Å². The molecule has 0 N–H and O–H groups in total. The molecule has 0 aromatic heterocycles. The first kappa shape index (κ1) is 23.3. The molecule has 10 heteroatoms. The SMILES string of the molecule is Cc1ccc(N2C[C@H](C(=O)Oc3cccc(N4C(=O)[C@@H]5[C@H]6CC[C@@H](C6)[C@H]5C4=O)c3)CC2=O)cc1[N+](=O)[O-]. The molecule has 2 aromatic rings. The van der Waals surface area contributed by atoms with Gasteiger partial charge >= 0.3 is 5.97 Å². The Morgan fingerprint density at radius 1 is 1.00 bits per heavy atom. The maximum atomic E-state index is 13.1. The molecule has 2 heterocycles. The summed E-state index contributed by atoms with van der Waals surface area (Å²) in [5.41, 5.74) is 1.11. The maximum Gasteiger partial charge on any atom is 0.316 e. The molecule has 3 amide bonds. The summed E-state index contributed by atoms with van der Waals surface area (Å²) < 4.78 is 5.56. The molecule has 0 unspecified atom stereocenters. The third kappa shape index (κ3) is 3.70. The third-order valence-corrected chi connectivity index (χ3v) is 8.38. The Labute approximate surface area is 212 Å². The Morgan fingerprint density at radius 2 is 1.70 bits per heavy atom. The lowest BCUT2D eigenvalue weighted by Gasteiger charge is -2.19. The van der Waals surface area contributed by atoms with E-state index in [4.69, 9.17) is 4.74 Å². The van der Waals surface area contributed by atoms with Crippen LogP contribution in [0.3, 0.4) is 0 Å². The number of nitro benzene ring substituents is 1. The largest absolute Gasteiger partial charge is 0.426 e. The van der Waals surface area contributed by atoms with Crippen LogP contribution < -0.4 is 14.5 Å². The highest BCUT2D eigenvalue weighted by molar-refractivity contribution is 6.22. The highest BCUT2D eigenvalue weighted by atomic mass is 16.6. The van der Waals surface area contributed by atoms with Crippen molar-refractivity contribution in [2.24, 2.45) is 29.6 Å². The van der Waals surface area contributed by atoms with Gasteiger partial charge in [0.1, 0.15) is 5.75 Å². The second kappa shape index (κ2) is 8.50. The van der Waals surface area contributed by atoms with Crippen molar-refractivity contribution in [3.05, 3.63) is 58.1 Å². The van der Waals surface area contributed by atoms with E-state index in [9.17, 15) is 29.3 Å². The number of fused-ring (bicyclic) bond motifs is 5. The van der Waals surface area contributed by atoms with Gasteiger partial charge in [-0.3, -0.25) is 29.3 Å². The lowest BCUT2D eigenvalue weighted by atomic mass is 9.81. The van der Waals surface area contributed by atoms with Gasteiger partial charge in [-0.2, -0.15) is 0 Å². The van der Waals surface area contributed by atoms with Gasteiger partial charge in [-0.1, -0.05) is 12.1 Å². The average Bonchev–Trinajstić information content (AvgIpc) is 3.63. The van der Waals surface area contributed by atoms with Crippen LogP contribution in [0, 0.1) is 46.6 Å². The fraction of sp³-hybridized carbons (Fsp3) is 0.407. The zero-order valence-electron chi connectivity index (χ0n) is 20.2. The Balaban J connectivity index is 1.16. The van der Waals surface area contributed by atoms with Crippen molar-refractivity contribution in [3.63, 3.8) is 0 Å². The molecular weight excluding hydrogens is 478 g/mol. The number of ether oxygens (including phenoxy) is 1. The van der Waals surface area contributed by atoms with Crippen molar-refractivity contribution < 1.29 is 28.8 Å². The Bertz CT molecular complexity index is 1340. The molecule has 4 fully saturated rings. The summed E-state index contributed by atoms with van der Waals surface area (Å²) in [6.07, 6.45) is 2.84. The van der Waals surface area contributed by atoms with E-state index >= 15 is 0 Å². The fourth-order valence-electron chi connectivity index (χ4n) is 6.63. The molecule has 0 radical (unpaired) electrons. The van der Waals surface area contributed by atoms with Gasteiger partial charge in [0, 0.05) is 30.7 Å². The van der Waals surface area contributed by atoms with E-state index in [1.54, 1.807) is 37.3 Å². The number of nitrogens with zero attached hydrogens (tertiary/aromatic N) is 3. The first-order valence-electron chi connectivity index (χ1n) is 12.5. The van der Waals surface area contributed by atoms with Crippen LogP contribution in [-0.4, -0.2) is 35.2 Å². The lowest BCUT2D eigenvalue weighted by molar-refractivity contribution is -0.385. The molecule has 4 aliphatic rings.